The topological polar surface area (TPSA) is 80.3 Å². The Morgan fingerprint density at radius 3 is 2.20 bits per heavy atom. The average Bonchev–Trinajstić information content (AvgIpc) is 2.54. The molecule has 1 aromatic heterocycles. The monoisotopic (exact) mass is 341 g/mol. The lowest BCUT2D eigenvalue weighted by atomic mass is 10.1. The number of pyridine rings is 1. The van der Waals surface area contributed by atoms with E-state index >= 15 is 0 Å². The molecule has 0 fully saturated rings. The van der Waals surface area contributed by atoms with Gasteiger partial charge in [0.1, 0.15) is 5.60 Å². The van der Waals surface area contributed by atoms with Crippen molar-refractivity contribution >= 4 is 17.7 Å². The van der Waals surface area contributed by atoms with E-state index in [9.17, 15) is 9.59 Å². The number of nitrogens with zero attached hydrogens (tertiary/aromatic N) is 1. The Morgan fingerprint density at radius 1 is 1.04 bits per heavy atom. The zero-order valence-corrected chi connectivity index (χ0v) is 14.9. The number of nitrogens with one attached hydrogen (secondary N) is 2. The fourth-order valence-corrected chi connectivity index (χ4v) is 2.13. The number of benzene rings is 1. The fourth-order valence-electron chi connectivity index (χ4n) is 2.13. The number of carbonyl (C=O) groups is 2. The van der Waals surface area contributed by atoms with Crippen LogP contribution in [0.15, 0.2) is 48.8 Å². The van der Waals surface area contributed by atoms with E-state index in [0.717, 1.165) is 5.56 Å². The van der Waals surface area contributed by atoms with Crippen LogP contribution in [0, 0.1) is 0 Å². The number of hydrogen-bond donors (Lipinski definition) is 2. The highest BCUT2D eigenvalue weighted by molar-refractivity contribution is 6.04. The largest absolute Gasteiger partial charge is 0.444 e. The number of anilines is 1. The highest BCUT2D eigenvalue weighted by atomic mass is 16.6. The number of aromatic nitrogens is 1. The molecular formula is C19H23N3O3. The number of rotatable bonds is 4. The molecule has 25 heavy (non-hydrogen) atoms. The van der Waals surface area contributed by atoms with Crippen molar-refractivity contribution in [3.05, 3.63) is 59.9 Å². The molecule has 0 spiro atoms. The van der Waals surface area contributed by atoms with E-state index in [1.54, 1.807) is 36.7 Å². The molecule has 2 rings (SSSR count). The van der Waals surface area contributed by atoms with Crippen LogP contribution in [0.5, 0.6) is 0 Å². The van der Waals surface area contributed by atoms with Crippen LogP contribution < -0.4 is 10.6 Å². The van der Waals surface area contributed by atoms with Crippen molar-refractivity contribution in [3.63, 3.8) is 0 Å². The van der Waals surface area contributed by atoms with Crippen molar-refractivity contribution in [2.75, 3.05) is 5.32 Å². The highest BCUT2D eigenvalue weighted by Gasteiger charge is 2.18. The van der Waals surface area contributed by atoms with E-state index in [1.165, 1.54) is 0 Å². The number of alkyl carbamates (subject to hydrolysis) is 1. The minimum atomic E-state index is -0.543. The Morgan fingerprint density at radius 2 is 1.64 bits per heavy atom. The summed E-state index contributed by atoms with van der Waals surface area (Å²) in [5, 5.41) is 5.57. The van der Waals surface area contributed by atoms with Gasteiger partial charge >= 0.3 is 6.09 Å². The van der Waals surface area contributed by atoms with Crippen molar-refractivity contribution in [1.82, 2.24) is 10.3 Å². The van der Waals surface area contributed by atoms with Crippen molar-refractivity contribution in [3.8, 4) is 0 Å². The molecule has 0 saturated heterocycles. The summed E-state index contributed by atoms with van der Waals surface area (Å²) in [6.45, 7) is 7.30. The Kier molecular flexibility index (Phi) is 5.75. The first-order chi connectivity index (χ1) is 11.7. The lowest BCUT2D eigenvalue weighted by Gasteiger charge is -2.22. The van der Waals surface area contributed by atoms with Gasteiger partial charge in [-0.1, -0.05) is 12.1 Å². The predicted molar refractivity (Wildman–Crippen MR) is 96.4 cm³/mol. The maximum atomic E-state index is 12.2. The van der Waals surface area contributed by atoms with Gasteiger partial charge in [0.15, 0.2) is 0 Å². The molecule has 0 bridgehead atoms. The van der Waals surface area contributed by atoms with Gasteiger partial charge in [0.2, 0.25) is 0 Å². The molecule has 2 aromatic rings. The highest BCUT2D eigenvalue weighted by Crippen LogP contribution is 2.16. The molecule has 0 aliphatic carbocycles. The normalized spacial score (nSPS) is 12.2. The van der Waals surface area contributed by atoms with Crippen LogP contribution in [0.4, 0.5) is 10.5 Å². The van der Waals surface area contributed by atoms with Gasteiger partial charge in [-0.15, -0.1) is 0 Å². The molecule has 0 radical (unpaired) electrons. The van der Waals surface area contributed by atoms with Crippen LogP contribution in [0.3, 0.4) is 0 Å². The average molecular weight is 341 g/mol. The van der Waals surface area contributed by atoms with Crippen molar-refractivity contribution in [2.24, 2.45) is 0 Å². The SMILES string of the molecule is C[C@@H](NC(=O)OC(C)(C)C)c1ccc(C(=O)Nc2ccncc2)cc1. The molecule has 0 unspecified atom stereocenters. The summed E-state index contributed by atoms with van der Waals surface area (Å²) < 4.78 is 5.24. The number of ether oxygens (including phenoxy) is 1. The van der Waals surface area contributed by atoms with Gasteiger partial charge in [0.05, 0.1) is 6.04 Å². The third-order valence-electron chi connectivity index (χ3n) is 3.34. The number of hydrogen-bond acceptors (Lipinski definition) is 4. The van der Waals surface area contributed by atoms with Crippen LogP contribution >= 0.6 is 0 Å². The Bertz CT molecular complexity index is 722. The lowest BCUT2D eigenvalue weighted by molar-refractivity contribution is 0.0507. The van der Waals surface area contributed by atoms with Crippen LogP contribution in [0.2, 0.25) is 0 Å². The second-order valence-corrected chi connectivity index (χ2v) is 6.68. The lowest BCUT2D eigenvalue weighted by Crippen LogP contribution is -2.34. The zero-order valence-electron chi connectivity index (χ0n) is 14.9. The molecule has 6 nitrogen and oxygen atoms in total. The summed E-state index contributed by atoms with van der Waals surface area (Å²) in [4.78, 5) is 27.9. The second kappa shape index (κ2) is 7.79. The van der Waals surface area contributed by atoms with Gasteiger partial charge < -0.3 is 15.4 Å². The quantitative estimate of drug-likeness (QED) is 0.883. The molecule has 132 valence electrons. The van der Waals surface area contributed by atoms with Gasteiger partial charge in [0.25, 0.3) is 5.91 Å². The summed E-state index contributed by atoms with van der Waals surface area (Å²) in [6.07, 6.45) is 2.75. The number of carbonyl (C=O) groups excluding carboxylic acids is 2. The third-order valence-corrected chi connectivity index (χ3v) is 3.34. The summed E-state index contributed by atoms with van der Waals surface area (Å²) >= 11 is 0. The smallest absolute Gasteiger partial charge is 0.408 e. The molecule has 1 heterocycles. The minimum absolute atomic E-state index is 0.203. The Hall–Kier alpha value is -2.89. The molecule has 0 saturated carbocycles. The molecule has 2 N–H and O–H groups in total. The van der Waals surface area contributed by atoms with Crippen LogP contribution in [-0.2, 0) is 4.74 Å². The first-order valence-corrected chi connectivity index (χ1v) is 8.05. The molecule has 0 aliphatic heterocycles. The van der Waals surface area contributed by atoms with Gasteiger partial charge in [-0.2, -0.15) is 0 Å². The van der Waals surface area contributed by atoms with Crippen LogP contribution in [-0.4, -0.2) is 22.6 Å². The third kappa shape index (κ3) is 5.91. The van der Waals surface area contributed by atoms with Crippen LogP contribution in [0.1, 0.15) is 49.7 Å². The Labute approximate surface area is 147 Å². The van der Waals surface area contributed by atoms with E-state index in [2.05, 4.69) is 15.6 Å². The van der Waals surface area contributed by atoms with Crippen molar-refractivity contribution in [1.29, 1.82) is 0 Å². The first kappa shape index (κ1) is 18.4. The van der Waals surface area contributed by atoms with E-state index in [0.29, 0.717) is 11.3 Å². The van der Waals surface area contributed by atoms with Gasteiger partial charge in [-0.25, -0.2) is 4.79 Å². The van der Waals surface area contributed by atoms with Crippen molar-refractivity contribution in [2.45, 2.75) is 39.3 Å². The summed E-state index contributed by atoms with van der Waals surface area (Å²) in [7, 11) is 0. The number of amides is 2. The predicted octanol–water partition coefficient (Wildman–Crippen LogP) is 3.92. The molecular weight excluding hydrogens is 318 g/mol. The van der Waals surface area contributed by atoms with E-state index in [1.807, 2.05) is 39.8 Å². The summed E-state index contributed by atoms with van der Waals surface area (Å²) in [6, 6.07) is 10.3. The summed E-state index contributed by atoms with van der Waals surface area (Å²) in [5.41, 5.74) is 1.55. The standard InChI is InChI=1S/C19H23N3O3/c1-13(21-18(24)25-19(2,3)4)14-5-7-15(8-6-14)17(23)22-16-9-11-20-12-10-16/h5-13H,1-4H3,(H,21,24)(H,20,22,23)/t13-/m1/s1. The zero-order chi connectivity index (χ0) is 18.4. The first-order valence-electron chi connectivity index (χ1n) is 8.05. The Balaban J connectivity index is 1.97. The van der Waals surface area contributed by atoms with E-state index in [-0.39, 0.29) is 11.9 Å². The second-order valence-electron chi connectivity index (χ2n) is 6.68. The van der Waals surface area contributed by atoms with Gasteiger partial charge in [0, 0.05) is 23.6 Å². The maximum Gasteiger partial charge on any atom is 0.408 e. The summed E-state index contributed by atoms with van der Waals surface area (Å²) in [5.74, 6) is -0.203. The molecule has 1 aromatic carbocycles. The van der Waals surface area contributed by atoms with Crippen LogP contribution in [0.25, 0.3) is 0 Å². The van der Waals surface area contributed by atoms with Gasteiger partial charge in [-0.05, 0) is 57.5 Å². The molecule has 1 atom stereocenters. The fraction of sp³-hybridized carbons (Fsp3) is 0.316. The molecule has 2 amide bonds. The maximum absolute atomic E-state index is 12.2. The molecule has 0 aliphatic rings. The molecule has 6 heteroatoms. The van der Waals surface area contributed by atoms with Crippen molar-refractivity contribution < 1.29 is 14.3 Å². The van der Waals surface area contributed by atoms with E-state index < -0.39 is 11.7 Å². The van der Waals surface area contributed by atoms with E-state index in [4.69, 9.17) is 4.74 Å². The minimum Gasteiger partial charge on any atom is -0.444 e. The van der Waals surface area contributed by atoms with Gasteiger partial charge in [-0.3, -0.25) is 9.78 Å².